The Kier molecular flexibility index (Phi) is 6.12. The summed E-state index contributed by atoms with van der Waals surface area (Å²) >= 11 is 0. The fourth-order valence-electron chi connectivity index (χ4n) is 5.60. The number of nitriles is 1. The van der Waals surface area contributed by atoms with E-state index in [1.165, 1.54) is 16.5 Å². The monoisotopic (exact) mass is 474 g/mol. The van der Waals surface area contributed by atoms with Gasteiger partial charge in [0, 0.05) is 25.1 Å². The van der Waals surface area contributed by atoms with Crippen molar-refractivity contribution in [2.24, 2.45) is 0 Å². The van der Waals surface area contributed by atoms with Gasteiger partial charge in [0.15, 0.2) is 0 Å². The summed E-state index contributed by atoms with van der Waals surface area (Å²) in [6.07, 6.45) is 2.17. The van der Waals surface area contributed by atoms with Gasteiger partial charge in [-0.05, 0) is 91.7 Å². The van der Waals surface area contributed by atoms with Crippen LogP contribution in [0.15, 0.2) is 30.3 Å². The van der Waals surface area contributed by atoms with Crippen molar-refractivity contribution < 1.29 is 18.8 Å². The summed E-state index contributed by atoms with van der Waals surface area (Å²) in [4.78, 5) is 40.9. The number of amides is 3. The number of nitrogens with one attached hydrogen (secondary N) is 1. The lowest BCUT2D eigenvalue weighted by atomic mass is 9.85. The van der Waals surface area contributed by atoms with E-state index in [0.717, 1.165) is 49.2 Å². The molecule has 0 aromatic heterocycles. The fourth-order valence-corrected chi connectivity index (χ4v) is 5.60. The normalized spacial score (nSPS) is 21.1. The van der Waals surface area contributed by atoms with Crippen LogP contribution in [0.5, 0.6) is 0 Å². The van der Waals surface area contributed by atoms with Crippen molar-refractivity contribution in [3.05, 3.63) is 69.5 Å². The van der Waals surface area contributed by atoms with Crippen molar-refractivity contribution in [2.45, 2.75) is 57.7 Å². The molecule has 0 saturated carbocycles. The highest BCUT2D eigenvalue weighted by molar-refractivity contribution is 6.05. The third-order valence-electron chi connectivity index (χ3n) is 7.55. The van der Waals surface area contributed by atoms with Crippen LogP contribution in [0, 0.1) is 24.1 Å². The second-order valence-electron chi connectivity index (χ2n) is 9.72. The average molecular weight is 475 g/mol. The lowest BCUT2D eigenvalue weighted by Gasteiger charge is -2.33. The Bertz CT molecular complexity index is 1260. The number of carbonyl (C=O) groups is 3. The molecule has 1 atom stereocenters. The topological polar surface area (TPSA) is 93.5 Å². The van der Waals surface area contributed by atoms with Crippen molar-refractivity contribution in [1.29, 1.82) is 5.26 Å². The number of imide groups is 1. The van der Waals surface area contributed by atoms with Crippen LogP contribution >= 0.6 is 0 Å². The molecule has 8 heteroatoms. The number of benzene rings is 2. The van der Waals surface area contributed by atoms with E-state index in [1.54, 1.807) is 6.07 Å². The van der Waals surface area contributed by atoms with Crippen LogP contribution in [0.4, 0.5) is 4.39 Å². The highest BCUT2D eigenvalue weighted by atomic mass is 19.1. The quantitative estimate of drug-likeness (QED) is 0.688. The molecule has 180 valence electrons. The van der Waals surface area contributed by atoms with Crippen molar-refractivity contribution >= 4 is 17.7 Å². The summed E-state index contributed by atoms with van der Waals surface area (Å²) in [5.41, 5.74) is 4.95. The van der Waals surface area contributed by atoms with Gasteiger partial charge in [-0.1, -0.05) is 6.07 Å². The lowest BCUT2D eigenvalue weighted by molar-refractivity contribution is -0.136. The molecule has 2 aromatic carbocycles. The molecule has 7 nitrogen and oxygen atoms in total. The number of hydrogen-bond acceptors (Lipinski definition) is 5. The zero-order chi connectivity index (χ0) is 24.7. The van der Waals surface area contributed by atoms with E-state index in [2.05, 4.69) is 16.3 Å². The van der Waals surface area contributed by atoms with Crippen molar-refractivity contribution in [2.75, 3.05) is 13.1 Å². The molecule has 0 aliphatic carbocycles. The molecule has 3 aliphatic heterocycles. The van der Waals surface area contributed by atoms with Crippen LogP contribution in [-0.2, 0) is 22.7 Å². The Morgan fingerprint density at radius 2 is 1.89 bits per heavy atom. The maximum atomic E-state index is 14.6. The molecule has 1 N–H and O–H groups in total. The molecule has 2 saturated heterocycles. The summed E-state index contributed by atoms with van der Waals surface area (Å²) in [7, 11) is 0. The van der Waals surface area contributed by atoms with Crippen LogP contribution in [0.2, 0.25) is 0 Å². The summed E-state index contributed by atoms with van der Waals surface area (Å²) in [6.45, 7) is 4.78. The zero-order valence-corrected chi connectivity index (χ0v) is 19.6. The minimum atomic E-state index is -0.707. The second-order valence-corrected chi connectivity index (χ2v) is 9.72. The van der Waals surface area contributed by atoms with E-state index in [0.29, 0.717) is 11.1 Å². The Hall–Kier alpha value is -3.57. The van der Waals surface area contributed by atoms with Gasteiger partial charge in [-0.3, -0.25) is 24.6 Å². The number of piperidine rings is 2. The predicted octanol–water partition coefficient (Wildman–Crippen LogP) is 3.15. The summed E-state index contributed by atoms with van der Waals surface area (Å²) in [6, 6.07) is 10.0. The first-order chi connectivity index (χ1) is 16.8. The number of fused-ring (bicyclic) bond motifs is 1. The molecule has 35 heavy (non-hydrogen) atoms. The summed E-state index contributed by atoms with van der Waals surface area (Å²) in [5.74, 6) is -1.44. The Labute approximate surface area is 203 Å². The van der Waals surface area contributed by atoms with Crippen LogP contribution in [0.25, 0.3) is 0 Å². The van der Waals surface area contributed by atoms with Crippen molar-refractivity contribution in [3.8, 4) is 6.07 Å². The fraction of sp³-hybridized carbons (Fsp3) is 0.407. The first kappa shape index (κ1) is 23.2. The van der Waals surface area contributed by atoms with E-state index in [1.807, 2.05) is 25.1 Å². The second kappa shape index (κ2) is 9.23. The molecule has 0 bridgehead atoms. The molecule has 0 radical (unpaired) electrons. The van der Waals surface area contributed by atoms with Gasteiger partial charge in [0.1, 0.15) is 11.9 Å². The number of carbonyl (C=O) groups excluding carboxylic acids is 3. The number of rotatable bonds is 4. The molecule has 3 amide bonds. The number of halogens is 1. The number of hydrogen-bond donors (Lipinski definition) is 1. The maximum absolute atomic E-state index is 14.6. The Morgan fingerprint density at radius 1 is 1.11 bits per heavy atom. The summed E-state index contributed by atoms with van der Waals surface area (Å²) < 4.78 is 14.6. The molecule has 2 aromatic rings. The molecule has 3 aliphatic rings. The first-order valence-electron chi connectivity index (χ1n) is 12.0. The highest BCUT2D eigenvalue weighted by Gasteiger charge is 2.41. The third-order valence-corrected chi connectivity index (χ3v) is 7.55. The number of aryl methyl sites for hydroxylation is 1. The Balaban J connectivity index is 1.30. The van der Waals surface area contributed by atoms with Gasteiger partial charge in [0.2, 0.25) is 11.8 Å². The van der Waals surface area contributed by atoms with E-state index < -0.39 is 17.8 Å². The lowest BCUT2D eigenvalue weighted by Crippen LogP contribution is -2.52. The van der Waals surface area contributed by atoms with Gasteiger partial charge in [0.25, 0.3) is 5.91 Å². The van der Waals surface area contributed by atoms with E-state index in [-0.39, 0.29) is 37.1 Å². The number of likely N-dealkylation sites (tertiary alicyclic amines) is 1. The molecule has 3 heterocycles. The Morgan fingerprint density at radius 3 is 2.57 bits per heavy atom. The largest absolute Gasteiger partial charge is 0.322 e. The predicted molar refractivity (Wildman–Crippen MR) is 126 cm³/mol. The molecule has 1 unspecified atom stereocenters. The third kappa shape index (κ3) is 4.44. The minimum absolute atomic E-state index is 0.132. The van der Waals surface area contributed by atoms with Gasteiger partial charge in [-0.25, -0.2) is 4.39 Å². The SMILES string of the molecule is Cc1cc(C#N)ccc1CN1CCC(c2cc(F)cc3c2CN(C2CCC(=O)NC2=O)C3=O)CC1. The van der Waals surface area contributed by atoms with Gasteiger partial charge in [-0.15, -0.1) is 0 Å². The zero-order valence-electron chi connectivity index (χ0n) is 19.6. The maximum Gasteiger partial charge on any atom is 0.255 e. The van der Waals surface area contributed by atoms with Gasteiger partial charge < -0.3 is 4.90 Å². The molecular weight excluding hydrogens is 447 g/mol. The highest BCUT2D eigenvalue weighted by Crippen LogP contribution is 2.38. The number of nitrogens with zero attached hydrogens (tertiary/aromatic N) is 3. The first-order valence-corrected chi connectivity index (χ1v) is 12.0. The smallest absolute Gasteiger partial charge is 0.255 e. The van der Waals surface area contributed by atoms with Gasteiger partial charge in [0.05, 0.1) is 11.6 Å². The molecule has 0 spiro atoms. The van der Waals surface area contributed by atoms with Gasteiger partial charge in [-0.2, -0.15) is 5.26 Å². The average Bonchev–Trinajstić information content (AvgIpc) is 3.16. The van der Waals surface area contributed by atoms with Crippen LogP contribution in [0.3, 0.4) is 0 Å². The van der Waals surface area contributed by atoms with E-state index in [9.17, 15) is 18.8 Å². The summed E-state index contributed by atoms with van der Waals surface area (Å²) in [5, 5.41) is 11.4. The molecular formula is C27H27FN4O3. The molecule has 5 rings (SSSR count). The van der Waals surface area contributed by atoms with Crippen LogP contribution < -0.4 is 5.32 Å². The van der Waals surface area contributed by atoms with Crippen LogP contribution in [0.1, 0.15) is 69.8 Å². The van der Waals surface area contributed by atoms with Crippen molar-refractivity contribution in [1.82, 2.24) is 15.1 Å². The van der Waals surface area contributed by atoms with Crippen LogP contribution in [-0.4, -0.2) is 46.7 Å². The van der Waals surface area contributed by atoms with Crippen molar-refractivity contribution in [3.63, 3.8) is 0 Å². The van der Waals surface area contributed by atoms with E-state index >= 15 is 0 Å². The standard InChI is InChI=1S/C27H27FN4O3/c1-16-10-17(13-29)2-3-19(16)14-31-8-6-18(7-9-31)21-11-20(28)12-22-23(21)15-32(27(22)35)24-4-5-25(33)30-26(24)34/h2-3,10-12,18,24H,4-9,14-15H2,1H3,(H,30,33,34). The minimum Gasteiger partial charge on any atom is -0.322 e. The molecule has 2 fully saturated rings. The van der Waals surface area contributed by atoms with E-state index in [4.69, 9.17) is 5.26 Å². The van der Waals surface area contributed by atoms with Gasteiger partial charge >= 0.3 is 0 Å².